The van der Waals surface area contributed by atoms with Gasteiger partial charge in [-0.1, -0.05) is 18.2 Å². The van der Waals surface area contributed by atoms with Gasteiger partial charge in [-0.15, -0.1) is 0 Å². The molecule has 0 bridgehead atoms. The first-order valence-electron chi connectivity index (χ1n) is 6.68. The lowest BCUT2D eigenvalue weighted by Crippen LogP contribution is -2.27. The molecule has 0 unspecified atom stereocenters. The summed E-state index contributed by atoms with van der Waals surface area (Å²) in [4.78, 5) is 12.9. The molecule has 2 aromatic rings. The molecule has 1 N–H and O–H groups in total. The van der Waals surface area contributed by atoms with Crippen LogP contribution in [0.4, 0.5) is 5.69 Å². The minimum absolute atomic E-state index is 0.101. The van der Waals surface area contributed by atoms with Gasteiger partial charge < -0.3 is 10.0 Å². The molecule has 0 atom stereocenters. The second-order valence-electron chi connectivity index (χ2n) is 4.87. The monoisotopic (exact) mass is 351 g/mol. The summed E-state index contributed by atoms with van der Waals surface area (Å²) < 4.78 is 2.80. The van der Waals surface area contributed by atoms with Crippen LogP contribution in [0.25, 0.3) is 0 Å². The van der Waals surface area contributed by atoms with E-state index in [-0.39, 0.29) is 6.42 Å². The predicted octanol–water partition coefficient (Wildman–Crippen LogP) is 2.97. The Morgan fingerprint density at radius 3 is 2.57 bits per heavy atom. The average molecular weight is 352 g/mol. The highest BCUT2D eigenvalue weighted by Gasteiger charge is 2.16. The zero-order valence-electron chi connectivity index (χ0n) is 12.1. The number of hydrogen-bond donors (Lipinski definition) is 1. The number of carboxylic acids is 1. The molecule has 0 saturated heterocycles. The fourth-order valence-electron chi connectivity index (χ4n) is 2.20. The van der Waals surface area contributed by atoms with E-state index in [1.807, 2.05) is 49.0 Å². The zero-order chi connectivity index (χ0) is 15.4. The van der Waals surface area contributed by atoms with Gasteiger partial charge in [-0.25, -0.2) is 0 Å². The Hall–Kier alpha value is -1.82. The first-order valence-corrected chi connectivity index (χ1v) is 7.48. The molecule has 1 heterocycles. The molecule has 0 radical (unpaired) electrons. The molecule has 112 valence electrons. The molecule has 6 heteroatoms. The van der Waals surface area contributed by atoms with Crippen LogP contribution in [0.5, 0.6) is 0 Å². The van der Waals surface area contributed by atoms with Gasteiger partial charge >= 0.3 is 5.97 Å². The average Bonchev–Trinajstić information content (AvgIpc) is 2.70. The van der Waals surface area contributed by atoms with E-state index < -0.39 is 5.97 Å². The molecule has 5 nitrogen and oxygen atoms in total. The minimum Gasteiger partial charge on any atom is -0.481 e. The highest BCUT2D eigenvalue weighted by atomic mass is 79.9. The van der Waals surface area contributed by atoms with Crippen molar-refractivity contribution in [2.24, 2.45) is 7.05 Å². The lowest BCUT2D eigenvalue weighted by Gasteiger charge is -2.24. The lowest BCUT2D eigenvalue weighted by molar-refractivity contribution is -0.136. The number of nitrogens with zero attached hydrogens (tertiary/aromatic N) is 3. The van der Waals surface area contributed by atoms with Crippen LogP contribution in [-0.4, -0.2) is 27.4 Å². The Bertz CT molecular complexity index is 625. The first kappa shape index (κ1) is 15.6. The third-order valence-electron chi connectivity index (χ3n) is 3.32. The van der Waals surface area contributed by atoms with Gasteiger partial charge in [0.25, 0.3) is 0 Å². The highest BCUT2D eigenvalue weighted by molar-refractivity contribution is 9.10. The highest BCUT2D eigenvalue weighted by Crippen LogP contribution is 2.24. The second-order valence-corrected chi connectivity index (χ2v) is 5.66. The Kier molecular flexibility index (Phi) is 5.01. The molecule has 21 heavy (non-hydrogen) atoms. The van der Waals surface area contributed by atoms with Gasteiger partial charge in [0, 0.05) is 19.3 Å². The summed E-state index contributed by atoms with van der Waals surface area (Å²) in [5.41, 5.74) is 2.96. The van der Waals surface area contributed by atoms with Crippen molar-refractivity contribution in [2.45, 2.75) is 19.9 Å². The molecule has 0 spiro atoms. The van der Waals surface area contributed by atoms with Gasteiger partial charge in [-0.3, -0.25) is 9.48 Å². The first-order chi connectivity index (χ1) is 9.99. The maximum atomic E-state index is 10.9. The molecular weight excluding hydrogens is 334 g/mol. The number of para-hydroxylation sites is 1. The molecule has 0 aliphatic carbocycles. The summed E-state index contributed by atoms with van der Waals surface area (Å²) in [7, 11) is 1.90. The third-order valence-corrected chi connectivity index (χ3v) is 4.35. The normalized spacial score (nSPS) is 10.6. The number of rotatable bonds is 6. The Morgan fingerprint density at radius 1 is 1.38 bits per heavy atom. The molecule has 2 rings (SSSR count). The molecular formula is C15H18BrN3O2. The van der Waals surface area contributed by atoms with Crippen molar-refractivity contribution >= 4 is 27.6 Å². The SMILES string of the molecule is Cc1nn(C)c(CN(CCC(=O)O)c2ccccc2)c1Br. The van der Waals surface area contributed by atoms with Gasteiger partial charge in [-0.2, -0.15) is 5.10 Å². The molecule has 0 aliphatic heterocycles. The summed E-state index contributed by atoms with van der Waals surface area (Å²) in [5, 5.41) is 13.3. The number of carbonyl (C=O) groups is 1. The van der Waals surface area contributed by atoms with Crippen molar-refractivity contribution in [3.8, 4) is 0 Å². The van der Waals surface area contributed by atoms with Crippen molar-refractivity contribution in [1.29, 1.82) is 0 Å². The number of aryl methyl sites for hydroxylation is 2. The number of aromatic nitrogens is 2. The van der Waals surface area contributed by atoms with Crippen molar-refractivity contribution in [3.05, 3.63) is 46.2 Å². The van der Waals surface area contributed by atoms with Crippen LogP contribution < -0.4 is 4.90 Å². The van der Waals surface area contributed by atoms with E-state index in [1.54, 1.807) is 0 Å². The Morgan fingerprint density at radius 2 is 2.05 bits per heavy atom. The standard InChI is InChI=1S/C15H18BrN3O2/c1-11-15(16)13(18(2)17-11)10-19(9-8-14(20)21)12-6-4-3-5-7-12/h3-7H,8-10H2,1-2H3,(H,20,21). The van der Waals surface area contributed by atoms with E-state index in [0.29, 0.717) is 13.1 Å². The number of anilines is 1. The number of benzene rings is 1. The number of hydrogen-bond acceptors (Lipinski definition) is 3. The zero-order valence-corrected chi connectivity index (χ0v) is 13.7. The summed E-state index contributed by atoms with van der Waals surface area (Å²) in [5.74, 6) is -0.795. The van der Waals surface area contributed by atoms with Crippen LogP contribution in [0.3, 0.4) is 0 Å². The quantitative estimate of drug-likeness (QED) is 0.868. The Balaban J connectivity index is 2.25. The van der Waals surface area contributed by atoms with Crippen LogP contribution in [0, 0.1) is 6.92 Å². The minimum atomic E-state index is -0.795. The fraction of sp³-hybridized carbons (Fsp3) is 0.333. The number of aliphatic carboxylic acids is 1. The summed E-state index contributed by atoms with van der Waals surface area (Å²) in [6, 6.07) is 9.82. The third kappa shape index (κ3) is 3.85. The van der Waals surface area contributed by atoms with Crippen LogP contribution in [-0.2, 0) is 18.4 Å². The van der Waals surface area contributed by atoms with Gasteiger partial charge in [0.1, 0.15) is 0 Å². The largest absolute Gasteiger partial charge is 0.481 e. The molecule has 0 amide bonds. The van der Waals surface area contributed by atoms with Crippen molar-refractivity contribution in [2.75, 3.05) is 11.4 Å². The van der Waals surface area contributed by atoms with Gasteiger partial charge in [0.15, 0.2) is 0 Å². The molecule has 1 aromatic carbocycles. The molecule has 1 aromatic heterocycles. The molecule has 0 fully saturated rings. The van der Waals surface area contributed by atoms with E-state index in [0.717, 1.165) is 21.5 Å². The van der Waals surface area contributed by atoms with Crippen LogP contribution >= 0.6 is 15.9 Å². The van der Waals surface area contributed by atoms with Crippen molar-refractivity contribution in [1.82, 2.24) is 9.78 Å². The van der Waals surface area contributed by atoms with E-state index in [4.69, 9.17) is 5.11 Å². The van der Waals surface area contributed by atoms with Crippen LogP contribution in [0.15, 0.2) is 34.8 Å². The number of carboxylic acid groups (broad SMARTS) is 1. The van der Waals surface area contributed by atoms with E-state index >= 15 is 0 Å². The molecule has 0 aliphatic rings. The smallest absolute Gasteiger partial charge is 0.305 e. The second kappa shape index (κ2) is 6.76. The summed E-state index contributed by atoms with van der Waals surface area (Å²) >= 11 is 3.56. The topological polar surface area (TPSA) is 58.4 Å². The van der Waals surface area contributed by atoms with Gasteiger partial charge in [0.2, 0.25) is 0 Å². The number of halogens is 1. The van der Waals surface area contributed by atoms with Crippen molar-refractivity contribution < 1.29 is 9.90 Å². The maximum Gasteiger partial charge on any atom is 0.305 e. The van der Waals surface area contributed by atoms with Crippen LogP contribution in [0.2, 0.25) is 0 Å². The maximum absolute atomic E-state index is 10.9. The molecule has 0 saturated carbocycles. The van der Waals surface area contributed by atoms with E-state index in [9.17, 15) is 4.79 Å². The Labute approximate surface area is 132 Å². The van der Waals surface area contributed by atoms with Gasteiger partial charge in [0.05, 0.1) is 28.8 Å². The van der Waals surface area contributed by atoms with E-state index in [2.05, 4.69) is 25.9 Å². The van der Waals surface area contributed by atoms with Gasteiger partial charge in [-0.05, 0) is 35.0 Å². The predicted molar refractivity (Wildman–Crippen MR) is 85.4 cm³/mol. The summed E-state index contributed by atoms with van der Waals surface area (Å²) in [6.45, 7) is 3.00. The lowest BCUT2D eigenvalue weighted by atomic mass is 10.2. The van der Waals surface area contributed by atoms with Crippen molar-refractivity contribution in [3.63, 3.8) is 0 Å². The van der Waals surface area contributed by atoms with E-state index in [1.165, 1.54) is 0 Å². The summed E-state index contributed by atoms with van der Waals surface area (Å²) in [6.07, 6.45) is 0.101. The fourth-order valence-corrected chi connectivity index (χ4v) is 2.66. The van der Waals surface area contributed by atoms with Crippen LogP contribution in [0.1, 0.15) is 17.8 Å².